The van der Waals surface area contributed by atoms with E-state index in [0.717, 1.165) is 22.7 Å². The molecule has 9 heteroatoms. The first-order valence-corrected chi connectivity index (χ1v) is 10.8. The number of rotatable bonds is 7. The smallest absolute Gasteiger partial charge is 0.328 e. The van der Waals surface area contributed by atoms with E-state index >= 15 is 0 Å². The van der Waals surface area contributed by atoms with Crippen LogP contribution in [-0.4, -0.2) is 65.7 Å². The number of esters is 1. The third kappa shape index (κ3) is 4.67. The van der Waals surface area contributed by atoms with Gasteiger partial charge in [0.15, 0.2) is 0 Å². The number of aromatic nitrogens is 2. The van der Waals surface area contributed by atoms with E-state index in [2.05, 4.69) is 15.3 Å². The number of hydrogen-bond donors (Lipinski definition) is 2. The lowest BCUT2D eigenvalue weighted by molar-refractivity contribution is -0.142. The van der Waals surface area contributed by atoms with Crippen LogP contribution >= 0.6 is 11.8 Å². The van der Waals surface area contributed by atoms with E-state index in [1.807, 2.05) is 30.5 Å². The highest BCUT2D eigenvalue weighted by Gasteiger charge is 2.35. The van der Waals surface area contributed by atoms with E-state index in [0.29, 0.717) is 25.1 Å². The van der Waals surface area contributed by atoms with Gasteiger partial charge in [0.1, 0.15) is 17.8 Å². The summed E-state index contributed by atoms with van der Waals surface area (Å²) in [6.07, 6.45) is 4.77. The summed E-state index contributed by atoms with van der Waals surface area (Å²) in [7, 11) is 2.94. The van der Waals surface area contributed by atoms with Crippen molar-refractivity contribution in [3.05, 3.63) is 47.5 Å². The van der Waals surface area contributed by atoms with Crippen LogP contribution in [0.5, 0.6) is 5.75 Å². The topological polar surface area (TPSA) is 96.6 Å². The average molecular weight is 419 g/mol. The van der Waals surface area contributed by atoms with Crippen molar-refractivity contribution in [2.24, 2.45) is 0 Å². The van der Waals surface area contributed by atoms with Crippen molar-refractivity contribution in [2.75, 3.05) is 32.8 Å². The number of nitrogens with one attached hydrogen (secondary N) is 2. The van der Waals surface area contributed by atoms with Crippen LogP contribution in [0.2, 0.25) is 0 Å². The molecular formula is C20H26N4O4S. The Labute approximate surface area is 174 Å². The third-order valence-electron chi connectivity index (χ3n) is 4.99. The Morgan fingerprint density at radius 1 is 1.41 bits per heavy atom. The number of hydrogen-bond acceptors (Lipinski definition) is 6. The molecule has 2 heterocycles. The summed E-state index contributed by atoms with van der Waals surface area (Å²) in [5.74, 6) is 1.00. The van der Waals surface area contributed by atoms with E-state index in [9.17, 15) is 9.59 Å². The fourth-order valence-corrected chi connectivity index (χ4v) is 3.97. The second-order valence-corrected chi connectivity index (χ2v) is 7.68. The molecule has 1 aliphatic rings. The van der Waals surface area contributed by atoms with Crippen LogP contribution in [0.4, 0.5) is 4.79 Å². The first kappa shape index (κ1) is 21.0. The van der Waals surface area contributed by atoms with Crippen LogP contribution in [0.25, 0.3) is 0 Å². The molecule has 0 unspecified atom stereocenters. The highest BCUT2D eigenvalue weighted by atomic mass is 32.2. The van der Waals surface area contributed by atoms with Gasteiger partial charge in [-0.05, 0) is 36.1 Å². The largest absolute Gasteiger partial charge is 0.497 e. The molecule has 1 aromatic heterocycles. The minimum atomic E-state index is -0.688. The lowest BCUT2D eigenvalue weighted by Gasteiger charge is -2.36. The van der Waals surface area contributed by atoms with Gasteiger partial charge < -0.3 is 24.7 Å². The predicted octanol–water partition coefficient (Wildman–Crippen LogP) is 2.37. The SMILES string of the molecule is COC(=O)[C@H](CCSC)NC(=O)N1CCc2[nH]cnc2[C@H]1c1cccc(OC)c1. The highest BCUT2D eigenvalue weighted by Crippen LogP contribution is 2.34. The standard InChI is InChI=1S/C20H26N4O4S/c1-27-14-6-4-5-13(11-14)18-17-15(21-12-22-17)7-9-24(18)20(26)23-16(8-10-29-3)19(25)28-2/h4-6,11-12,16,18H,7-10H2,1-3H3,(H,21,22)(H,23,26)/t16-,18+/m0/s1. The number of carbonyl (C=O) groups is 2. The Bertz CT molecular complexity index is 857. The van der Waals surface area contributed by atoms with Gasteiger partial charge in [-0.1, -0.05) is 12.1 Å². The summed E-state index contributed by atoms with van der Waals surface area (Å²) < 4.78 is 10.2. The van der Waals surface area contributed by atoms with Crippen LogP contribution in [-0.2, 0) is 16.0 Å². The lowest BCUT2D eigenvalue weighted by Crippen LogP contribution is -2.51. The highest BCUT2D eigenvalue weighted by molar-refractivity contribution is 7.98. The number of fused-ring (bicyclic) bond motifs is 1. The molecule has 3 rings (SSSR count). The zero-order valence-corrected chi connectivity index (χ0v) is 17.6. The molecule has 0 fully saturated rings. The number of thioether (sulfide) groups is 1. The Hall–Kier alpha value is -2.68. The van der Waals surface area contributed by atoms with Gasteiger partial charge in [0.2, 0.25) is 0 Å². The Morgan fingerprint density at radius 2 is 2.24 bits per heavy atom. The summed E-state index contributed by atoms with van der Waals surface area (Å²) in [4.78, 5) is 34.7. The van der Waals surface area contributed by atoms with Crippen molar-refractivity contribution in [3.63, 3.8) is 0 Å². The van der Waals surface area contributed by atoms with Gasteiger partial charge in [-0.15, -0.1) is 0 Å². The number of ether oxygens (including phenoxy) is 2. The molecule has 156 valence electrons. The van der Waals surface area contributed by atoms with Crippen molar-refractivity contribution in [2.45, 2.75) is 24.9 Å². The van der Waals surface area contributed by atoms with E-state index < -0.39 is 12.0 Å². The number of aromatic amines is 1. The number of amides is 2. The number of H-pyrrole nitrogens is 1. The van der Waals surface area contributed by atoms with Crippen molar-refractivity contribution in [1.82, 2.24) is 20.2 Å². The van der Waals surface area contributed by atoms with Crippen LogP contribution in [0.1, 0.15) is 29.4 Å². The number of nitrogens with zero attached hydrogens (tertiary/aromatic N) is 2. The molecule has 0 aliphatic carbocycles. The zero-order valence-electron chi connectivity index (χ0n) is 16.8. The Kier molecular flexibility index (Phi) is 7.03. The van der Waals surface area contributed by atoms with Crippen LogP contribution in [0.15, 0.2) is 30.6 Å². The molecule has 29 heavy (non-hydrogen) atoms. The molecule has 0 saturated carbocycles. The Balaban J connectivity index is 1.89. The summed E-state index contributed by atoms with van der Waals surface area (Å²) >= 11 is 1.61. The molecule has 8 nitrogen and oxygen atoms in total. The second-order valence-electron chi connectivity index (χ2n) is 6.70. The minimum Gasteiger partial charge on any atom is -0.497 e. The van der Waals surface area contributed by atoms with Gasteiger partial charge in [0, 0.05) is 18.7 Å². The molecular weight excluding hydrogens is 392 g/mol. The Morgan fingerprint density at radius 3 is 2.97 bits per heavy atom. The molecule has 2 atom stereocenters. The molecule has 2 amide bonds. The fraction of sp³-hybridized carbons (Fsp3) is 0.450. The summed E-state index contributed by atoms with van der Waals surface area (Å²) in [6.45, 7) is 0.499. The quantitative estimate of drug-likeness (QED) is 0.670. The van der Waals surface area contributed by atoms with Crippen molar-refractivity contribution in [3.8, 4) is 5.75 Å². The van der Waals surface area contributed by atoms with Crippen molar-refractivity contribution >= 4 is 23.8 Å². The zero-order chi connectivity index (χ0) is 20.8. The first-order chi connectivity index (χ1) is 14.1. The number of benzene rings is 1. The number of methoxy groups -OCH3 is 2. The van der Waals surface area contributed by atoms with Crippen LogP contribution in [0, 0.1) is 0 Å². The maximum Gasteiger partial charge on any atom is 0.328 e. The molecule has 0 spiro atoms. The molecule has 0 bridgehead atoms. The monoisotopic (exact) mass is 418 g/mol. The maximum absolute atomic E-state index is 13.2. The number of imidazole rings is 1. The number of urea groups is 1. The van der Waals surface area contributed by atoms with Gasteiger partial charge >= 0.3 is 12.0 Å². The van der Waals surface area contributed by atoms with Gasteiger partial charge in [-0.25, -0.2) is 14.6 Å². The predicted molar refractivity (Wildman–Crippen MR) is 111 cm³/mol. The molecule has 1 aromatic carbocycles. The number of carbonyl (C=O) groups excluding carboxylic acids is 2. The fourth-order valence-electron chi connectivity index (χ4n) is 3.50. The molecule has 0 saturated heterocycles. The van der Waals surface area contributed by atoms with E-state index in [4.69, 9.17) is 9.47 Å². The third-order valence-corrected chi connectivity index (χ3v) is 5.63. The van der Waals surface area contributed by atoms with E-state index in [1.165, 1.54) is 7.11 Å². The van der Waals surface area contributed by atoms with E-state index in [1.54, 1.807) is 30.1 Å². The molecule has 0 radical (unpaired) electrons. The average Bonchev–Trinajstić information content (AvgIpc) is 3.24. The molecule has 1 aliphatic heterocycles. The van der Waals surface area contributed by atoms with Gasteiger partial charge in [0.05, 0.1) is 26.2 Å². The summed E-state index contributed by atoms with van der Waals surface area (Å²) in [6, 6.07) is 6.22. The van der Waals surface area contributed by atoms with Crippen LogP contribution in [0.3, 0.4) is 0 Å². The van der Waals surface area contributed by atoms with Crippen LogP contribution < -0.4 is 10.1 Å². The van der Waals surface area contributed by atoms with Gasteiger partial charge in [0.25, 0.3) is 0 Å². The molecule has 2 N–H and O–H groups in total. The maximum atomic E-state index is 13.2. The summed E-state index contributed by atoms with van der Waals surface area (Å²) in [5.41, 5.74) is 2.71. The van der Waals surface area contributed by atoms with Gasteiger partial charge in [-0.3, -0.25) is 0 Å². The van der Waals surface area contributed by atoms with Crippen molar-refractivity contribution in [1.29, 1.82) is 0 Å². The molecule has 2 aromatic rings. The first-order valence-electron chi connectivity index (χ1n) is 9.39. The van der Waals surface area contributed by atoms with Crippen molar-refractivity contribution < 1.29 is 19.1 Å². The normalized spacial score (nSPS) is 16.7. The second kappa shape index (κ2) is 9.69. The summed E-state index contributed by atoms with van der Waals surface area (Å²) in [5, 5.41) is 2.85. The lowest BCUT2D eigenvalue weighted by atomic mass is 9.95. The van der Waals surface area contributed by atoms with Gasteiger partial charge in [-0.2, -0.15) is 11.8 Å². The minimum absolute atomic E-state index is 0.317. The van der Waals surface area contributed by atoms with E-state index in [-0.39, 0.29) is 12.1 Å².